The zero-order chi connectivity index (χ0) is 63.3. The van der Waals surface area contributed by atoms with Gasteiger partial charge >= 0.3 is 0 Å². The summed E-state index contributed by atoms with van der Waals surface area (Å²) in [5.41, 5.74) is 4.57. The highest BCUT2D eigenvalue weighted by molar-refractivity contribution is 7.89. The summed E-state index contributed by atoms with van der Waals surface area (Å²) in [7, 11) is -12.1. The molecule has 0 saturated carbocycles. The van der Waals surface area contributed by atoms with Gasteiger partial charge in [0.25, 0.3) is 17.7 Å². The molecule has 0 bridgehead atoms. The Morgan fingerprint density at radius 1 is 0.432 bits per heavy atom. The Balaban J connectivity index is 0.000000146. The minimum Gasteiger partial charge on any atom is -0.390 e. The van der Waals surface area contributed by atoms with Crippen LogP contribution in [0.25, 0.3) is 18.2 Å². The summed E-state index contributed by atoms with van der Waals surface area (Å²) in [6.45, 7) is -1.59. The number of carbonyl (C=O) groups is 3. The summed E-state index contributed by atoms with van der Waals surface area (Å²) in [5.74, 6) is -5.26. The van der Waals surface area contributed by atoms with Gasteiger partial charge in [0.05, 0.1) is 30.8 Å². The van der Waals surface area contributed by atoms with E-state index in [1.807, 2.05) is 6.08 Å². The van der Waals surface area contributed by atoms with E-state index >= 15 is 0 Å². The molecule has 0 radical (unpaired) electrons. The average molecular weight is 1320 g/mol. The molecule has 3 fully saturated rings. The number of allylic oxidation sites excluding steroid dienone is 3. The second-order valence-corrected chi connectivity index (χ2v) is 27.6. The van der Waals surface area contributed by atoms with Gasteiger partial charge < -0.3 is 31.3 Å². The number of sulfonamides is 3. The van der Waals surface area contributed by atoms with Gasteiger partial charge in [-0.3, -0.25) is 14.4 Å². The fourth-order valence-electron chi connectivity index (χ4n) is 10.3. The predicted octanol–water partition coefficient (Wildman–Crippen LogP) is 8.16. The number of benzene rings is 6. The van der Waals surface area contributed by atoms with E-state index in [0.717, 1.165) is 44.5 Å². The number of β-amino-alcohol motifs (C(OH)–C–C–N with tert-alkyl or cyclic N) is 3. The number of fused-ring (bicyclic) bond motifs is 3. The second kappa shape index (κ2) is 25.3. The smallest absolute Gasteiger partial charge is 0.256 e. The van der Waals surface area contributed by atoms with Gasteiger partial charge in [-0.05, 0) is 138 Å². The van der Waals surface area contributed by atoms with E-state index in [-0.39, 0.29) is 79.0 Å². The van der Waals surface area contributed by atoms with Crippen LogP contribution in [-0.4, -0.2) is 141 Å². The number of halogens is 8. The second-order valence-electron chi connectivity index (χ2n) is 21.0. The first-order valence-electron chi connectivity index (χ1n) is 26.7. The average Bonchev–Trinajstić information content (AvgIpc) is 1.44. The number of aliphatic hydroxyl groups excluding tert-OH is 3. The van der Waals surface area contributed by atoms with E-state index in [4.69, 9.17) is 23.2 Å². The van der Waals surface area contributed by atoms with Crippen molar-refractivity contribution in [2.75, 3.05) is 55.2 Å². The van der Waals surface area contributed by atoms with Gasteiger partial charge in [-0.15, -0.1) is 0 Å². The van der Waals surface area contributed by atoms with E-state index in [9.17, 15) is 81.3 Å². The molecule has 0 aromatic heterocycles. The number of hydrogen-bond donors (Lipinski definition) is 6. The lowest BCUT2D eigenvalue weighted by atomic mass is 10.0. The lowest BCUT2D eigenvalue weighted by molar-refractivity contribution is 0.0547. The van der Waals surface area contributed by atoms with Crippen molar-refractivity contribution in [1.82, 2.24) is 12.9 Å². The van der Waals surface area contributed by atoms with Gasteiger partial charge in [0.1, 0.15) is 36.2 Å². The maximum Gasteiger partial charge on any atom is 0.256 e. The standard InChI is InChI=1S/C20H17ClF2N2O4S.C20H17F3N2O4S.C19H16ClFN2O4S/c21-16-7-12(4-5-17(16)22)24-20(27)15-8-13(6-11-2-1-3-14(11)15)30(28,29)25-9-18(23)19(26)10-25;21-16-5-4-12(7-17(16)22)24-20(27)15-8-13(6-11-2-1-3-14(11)15)30(28,29)25-9-18(23)19(26)10-25;20-17-7-12(4-5-18(17)21)22-19(25)16-8-14(6-11-2-1-3-15(11)16)28(26,27)23-9-13(24)10-23/h2*1,3-8,18-19,26H,2,9-10H2,(H,24,27);1,3-8,13,24H,2,9-10H2,(H,22,25). The van der Waals surface area contributed by atoms with Gasteiger partial charge in [-0.1, -0.05) is 59.7 Å². The van der Waals surface area contributed by atoms with Crippen LogP contribution in [0.5, 0.6) is 0 Å². The van der Waals surface area contributed by atoms with Crippen LogP contribution in [0.1, 0.15) is 64.5 Å². The first kappa shape index (κ1) is 63.7. The Morgan fingerprint density at radius 3 is 1.05 bits per heavy atom. The summed E-state index contributed by atoms with van der Waals surface area (Å²) in [5, 5.41) is 35.9. The highest BCUT2D eigenvalue weighted by Gasteiger charge is 2.42. The summed E-state index contributed by atoms with van der Waals surface area (Å²) in [6, 6.07) is 18.5. The molecule has 3 heterocycles. The van der Waals surface area contributed by atoms with Crippen molar-refractivity contribution < 1.29 is 81.3 Å². The number of rotatable bonds is 12. The van der Waals surface area contributed by atoms with Crippen LogP contribution in [0.3, 0.4) is 0 Å². The van der Waals surface area contributed by atoms with Crippen LogP contribution in [0.15, 0.2) is 124 Å². The maximum atomic E-state index is 13.7. The summed E-state index contributed by atoms with van der Waals surface area (Å²) in [4.78, 5) is 38.2. The first-order chi connectivity index (χ1) is 41.6. The fraction of sp³-hybridized carbons (Fsp3) is 0.237. The maximum absolute atomic E-state index is 13.7. The number of amides is 3. The molecule has 4 atom stereocenters. The molecule has 6 N–H and O–H groups in total. The minimum atomic E-state index is -4.15. The monoisotopic (exact) mass is 1310 g/mol. The third-order valence-corrected chi connectivity index (χ3v) is 21.0. The number of anilines is 3. The molecule has 6 aromatic carbocycles. The van der Waals surface area contributed by atoms with E-state index in [0.29, 0.717) is 52.8 Å². The molecule has 3 saturated heterocycles. The number of carbonyl (C=O) groups excluding carboxylic acids is 3. The number of aliphatic hydroxyl groups is 3. The Morgan fingerprint density at radius 2 is 0.750 bits per heavy atom. The molecule has 4 unspecified atom stereocenters. The van der Waals surface area contributed by atoms with Crippen molar-refractivity contribution in [2.24, 2.45) is 0 Å². The van der Waals surface area contributed by atoms with Crippen molar-refractivity contribution in [1.29, 1.82) is 0 Å². The van der Waals surface area contributed by atoms with Crippen molar-refractivity contribution in [2.45, 2.75) is 64.6 Å². The third kappa shape index (κ3) is 13.2. The number of alkyl halides is 2. The molecule has 18 nitrogen and oxygen atoms in total. The van der Waals surface area contributed by atoms with E-state index in [1.165, 1.54) is 58.9 Å². The zero-order valence-electron chi connectivity index (χ0n) is 45.5. The topological polar surface area (TPSA) is 260 Å². The summed E-state index contributed by atoms with van der Waals surface area (Å²) >= 11 is 11.5. The highest BCUT2D eigenvalue weighted by Crippen LogP contribution is 2.35. The molecule has 6 aromatic rings. The molecule has 6 aliphatic rings. The van der Waals surface area contributed by atoms with Gasteiger partial charge in [-0.25, -0.2) is 51.6 Å². The van der Waals surface area contributed by atoms with Crippen LogP contribution >= 0.6 is 23.2 Å². The molecule has 3 aliphatic heterocycles. The zero-order valence-corrected chi connectivity index (χ0v) is 49.4. The quantitative estimate of drug-likeness (QED) is 0.0635. The molecule has 3 amide bonds. The van der Waals surface area contributed by atoms with Gasteiger partial charge in [0.2, 0.25) is 30.1 Å². The van der Waals surface area contributed by atoms with Crippen molar-refractivity contribution in [3.05, 3.63) is 193 Å². The first-order valence-corrected chi connectivity index (χ1v) is 31.8. The normalized spacial score (nSPS) is 19.7. The van der Waals surface area contributed by atoms with E-state index < -0.39 is 115 Å². The molecule has 12 rings (SSSR count). The Labute approximate surface area is 510 Å². The molecule has 0 spiro atoms. The number of nitrogens with one attached hydrogen (secondary N) is 3. The number of hydrogen-bond acceptors (Lipinski definition) is 12. The van der Waals surface area contributed by atoms with Crippen LogP contribution in [0.4, 0.5) is 43.4 Å². The lowest BCUT2D eigenvalue weighted by Crippen LogP contribution is -2.53. The highest BCUT2D eigenvalue weighted by atomic mass is 35.5. The molecular formula is C59H50Cl2F6N6O12S3. The lowest BCUT2D eigenvalue weighted by Gasteiger charge is -2.34. The molecule has 88 heavy (non-hydrogen) atoms. The Hall–Kier alpha value is -7.28. The Bertz CT molecular complexity index is 4110. The van der Waals surface area contributed by atoms with Crippen molar-refractivity contribution in [3.63, 3.8) is 0 Å². The van der Waals surface area contributed by atoms with Crippen molar-refractivity contribution in [3.8, 4) is 0 Å². The largest absolute Gasteiger partial charge is 0.390 e. The van der Waals surface area contributed by atoms with Crippen LogP contribution in [0, 0.1) is 23.3 Å². The molecule has 462 valence electrons. The SMILES string of the molecule is O=C(Nc1ccc(F)c(Cl)c1)c1cc(S(=O)(=O)N2CC(O)C(F)C2)cc2c1C=CC2.O=C(Nc1ccc(F)c(Cl)c1)c1cc(S(=O)(=O)N2CC(O)C2)cc2c1C=CC2.O=C(Nc1ccc(F)c(F)c1)c1cc(S(=O)(=O)N2CC(O)C(F)C2)cc2c1C=CC2. The van der Waals surface area contributed by atoms with Crippen molar-refractivity contribution >= 4 is 106 Å². The molecular weight excluding hydrogens is 1270 g/mol. The van der Waals surface area contributed by atoms with Gasteiger partial charge in [0, 0.05) is 79.1 Å². The minimum absolute atomic E-state index is 0.00383. The number of nitrogens with zero attached hydrogens (tertiary/aromatic N) is 3. The Kier molecular flexibility index (Phi) is 18.3. The summed E-state index contributed by atoms with van der Waals surface area (Å²) < 4.78 is 161. The summed E-state index contributed by atoms with van der Waals surface area (Å²) in [6.07, 6.45) is 5.10. The van der Waals surface area contributed by atoms with E-state index in [1.54, 1.807) is 36.4 Å². The van der Waals surface area contributed by atoms with Gasteiger partial charge in [-0.2, -0.15) is 12.9 Å². The van der Waals surface area contributed by atoms with Gasteiger partial charge in [0.15, 0.2) is 11.6 Å². The van der Waals surface area contributed by atoms with E-state index in [2.05, 4.69) is 16.0 Å². The van der Waals surface area contributed by atoms with Crippen LogP contribution in [-0.2, 0) is 49.3 Å². The predicted molar refractivity (Wildman–Crippen MR) is 315 cm³/mol. The van der Waals surface area contributed by atoms with Crippen LogP contribution < -0.4 is 16.0 Å². The molecule has 3 aliphatic carbocycles. The van der Waals surface area contributed by atoms with Crippen LogP contribution in [0.2, 0.25) is 10.0 Å². The third-order valence-electron chi connectivity index (χ3n) is 15.0. The molecule has 29 heteroatoms. The fourth-order valence-corrected chi connectivity index (χ4v) is 15.3.